The van der Waals surface area contributed by atoms with Gasteiger partial charge in [-0.2, -0.15) is 0 Å². The molecule has 3 heterocycles. The van der Waals surface area contributed by atoms with Gasteiger partial charge in [-0.1, -0.05) is 24.3 Å². The summed E-state index contributed by atoms with van der Waals surface area (Å²) < 4.78 is 11.7. The minimum atomic E-state index is -0.596. The Hall–Kier alpha value is -4.34. The zero-order valence-corrected chi connectivity index (χ0v) is 17.8. The first-order chi connectivity index (χ1) is 15.5. The Balaban J connectivity index is 1.38. The lowest BCUT2D eigenvalue weighted by Gasteiger charge is -2.13. The predicted octanol–water partition coefficient (Wildman–Crippen LogP) is 3.73. The molecule has 3 aromatic heterocycles. The molecule has 4 rings (SSSR count). The van der Waals surface area contributed by atoms with E-state index in [0.717, 1.165) is 28.1 Å². The van der Waals surface area contributed by atoms with Gasteiger partial charge in [0.15, 0.2) is 11.3 Å². The fourth-order valence-electron chi connectivity index (χ4n) is 3.22. The molecule has 0 radical (unpaired) electrons. The number of anilines is 1. The van der Waals surface area contributed by atoms with Gasteiger partial charge in [0.2, 0.25) is 24.5 Å². The number of nitrogens with one attached hydrogen (secondary N) is 1. The smallest absolute Gasteiger partial charge is 0.241 e. The average molecular weight is 431 g/mol. The molecule has 0 aliphatic carbocycles. The van der Waals surface area contributed by atoms with E-state index in [9.17, 15) is 4.79 Å². The van der Waals surface area contributed by atoms with E-state index in [2.05, 4.69) is 30.9 Å². The second kappa shape index (κ2) is 9.21. The van der Waals surface area contributed by atoms with Gasteiger partial charge in [-0.25, -0.2) is 15.0 Å². The zero-order valence-electron chi connectivity index (χ0n) is 17.8. The third-order valence-electron chi connectivity index (χ3n) is 4.72. The number of benzene rings is 1. The standard InChI is InChI=1S/C22H21N7O3/c1-14-21(15(2)25-13-24-14)17-6-4-16(5-7-17)11-29-12-20(32-28-29)27-22(30)26-18-8-9-23-19(10-18)31-3/h4-10,12-13H,11H2,1-3H3,(H-,23,26,27,28,30). The topological polar surface area (TPSA) is 121 Å². The summed E-state index contributed by atoms with van der Waals surface area (Å²) in [4.78, 5) is 24.7. The summed E-state index contributed by atoms with van der Waals surface area (Å²) in [5, 5.41) is 10.4. The number of amides is 2. The second-order valence-corrected chi connectivity index (χ2v) is 6.98. The van der Waals surface area contributed by atoms with E-state index < -0.39 is 6.03 Å². The van der Waals surface area contributed by atoms with Crippen molar-refractivity contribution < 1.29 is 18.7 Å². The van der Waals surface area contributed by atoms with Crippen LogP contribution in [0, 0.1) is 13.8 Å². The number of aryl methyl sites for hydroxylation is 2. The number of rotatable bonds is 6. The van der Waals surface area contributed by atoms with E-state index in [1.165, 1.54) is 13.3 Å². The Bertz CT molecular complexity index is 1220. The minimum Gasteiger partial charge on any atom is -0.481 e. The van der Waals surface area contributed by atoms with Crippen LogP contribution in [0.15, 0.2) is 59.6 Å². The highest BCUT2D eigenvalue weighted by Crippen LogP contribution is 2.25. The lowest BCUT2D eigenvalue weighted by molar-refractivity contribution is -0.754. The molecule has 0 aliphatic rings. The van der Waals surface area contributed by atoms with Crippen LogP contribution in [-0.2, 0) is 6.54 Å². The van der Waals surface area contributed by atoms with Crippen LogP contribution in [0.3, 0.4) is 0 Å². The molecule has 10 nitrogen and oxygen atoms in total. The molecular weight excluding hydrogens is 410 g/mol. The predicted molar refractivity (Wildman–Crippen MR) is 116 cm³/mol. The summed E-state index contributed by atoms with van der Waals surface area (Å²) >= 11 is 0. The van der Waals surface area contributed by atoms with Crippen LogP contribution >= 0.6 is 0 Å². The number of hydrogen-bond acceptors (Lipinski definition) is 7. The van der Waals surface area contributed by atoms with Gasteiger partial charge in [-0.05, 0) is 35.8 Å². The van der Waals surface area contributed by atoms with E-state index in [1.807, 2.05) is 38.1 Å². The van der Waals surface area contributed by atoms with Crippen LogP contribution < -0.4 is 14.7 Å². The molecule has 162 valence electrons. The molecule has 1 aromatic carbocycles. The molecule has 0 saturated heterocycles. The van der Waals surface area contributed by atoms with Crippen LogP contribution in [0.4, 0.5) is 16.4 Å². The van der Waals surface area contributed by atoms with Crippen molar-refractivity contribution in [3.05, 3.63) is 77.4 Å². The fourth-order valence-corrected chi connectivity index (χ4v) is 3.22. The third kappa shape index (κ3) is 4.86. The normalized spacial score (nSPS) is 10.6. The van der Waals surface area contributed by atoms with E-state index in [0.29, 0.717) is 18.1 Å². The van der Waals surface area contributed by atoms with Crippen LogP contribution in [0.5, 0.6) is 5.88 Å². The Morgan fingerprint density at radius 1 is 1.12 bits per heavy atom. The van der Waals surface area contributed by atoms with Gasteiger partial charge in [0.1, 0.15) is 6.33 Å². The summed E-state index contributed by atoms with van der Waals surface area (Å²) in [6.07, 6.45) is 4.65. The Morgan fingerprint density at radius 3 is 2.59 bits per heavy atom. The molecule has 10 heteroatoms. The molecule has 0 saturated carbocycles. The van der Waals surface area contributed by atoms with Crippen LogP contribution in [0.2, 0.25) is 0 Å². The van der Waals surface area contributed by atoms with E-state index in [-0.39, 0.29) is 5.88 Å². The Labute approximate surface area is 184 Å². The van der Waals surface area contributed by atoms with Crippen LogP contribution in [-0.4, -0.2) is 33.4 Å². The van der Waals surface area contributed by atoms with Crippen molar-refractivity contribution in [3.63, 3.8) is 0 Å². The molecule has 32 heavy (non-hydrogen) atoms. The highest BCUT2D eigenvalue weighted by molar-refractivity contribution is 6.03. The SMILES string of the molecule is COc1cc(NC(=O)[N-]c2c[n+](Cc3ccc(-c4c(C)ncnc4C)cc3)no2)ccn1. The van der Waals surface area contributed by atoms with Gasteiger partial charge in [0, 0.05) is 34.8 Å². The molecule has 0 atom stereocenters. The summed E-state index contributed by atoms with van der Waals surface area (Å²) in [5.41, 5.74) is 5.48. The molecular formula is C22H21N7O3. The van der Waals surface area contributed by atoms with Gasteiger partial charge in [-0.3, -0.25) is 4.79 Å². The first kappa shape index (κ1) is 20.9. The maximum absolute atomic E-state index is 12.1. The minimum absolute atomic E-state index is 0.0906. The number of aromatic nitrogens is 5. The molecule has 2 amide bonds. The summed E-state index contributed by atoms with van der Waals surface area (Å²) in [6, 6.07) is 10.7. The number of carbonyl (C=O) groups is 1. The lowest BCUT2D eigenvalue weighted by Crippen LogP contribution is -2.35. The average Bonchev–Trinajstić information content (AvgIpc) is 3.21. The number of urea groups is 1. The number of nitrogens with zero attached hydrogens (tertiary/aromatic N) is 6. The molecule has 0 unspecified atom stereocenters. The van der Waals surface area contributed by atoms with Gasteiger partial charge in [-0.15, -0.1) is 0 Å². The summed E-state index contributed by atoms with van der Waals surface area (Å²) in [7, 11) is 1.50. The highest BCUT2D eigenvalue weighted by atomic mass is 16.5. The van der Waals surface area contributed by atoms with Gasteiger partial charge >= 0.3 is 0 Å². The van der Waals surface area contributed by atoms with Gasteiger partial charge < -0.3 is 19.9 Å². The number of pyridine rings is 1. The Morgan fingerprint density at radius 2 is 1.88 bits per heavy atom. The zero-order chi connectivity index (χ0) is 22.5. The van der Waals surface area contributed by atoms with Crippen molar-refractivity contribution in [1.29, 1.82) is 0 Å². The number of ether oxygens (including phenoxy) is 1. The number of methoxy groups -OCH3 is 1. The van der Waals surface area contributed by atoms with Crippen LogP contribution in [0.1, 0.15) is 17.0 Å². The van der Waals surface area contributed by atoms with Crippen molar-refractivity contribution in [2.75, 3.05) is 12.4 Å². The first-order valence-corrected chi connectivity index (χ1v) is 9.78. The maximum atomic E-state index is 12.1. The molecule has 0 bridgehead atoms. The lowest BCUT2D eigenvalue weighted by atomic mass is 10.0. The highest BCUT2D eigenvalue weighted by Gasteiger charge is 2.12. The Kier molecular flexibility index (Phi) is 6.02. The molecule has 0 spiro atoms. The number of carbonyl (C=O) groups excluding carboxylic acids is 1. The van der Waals surface area contributed by atoms with Gasteiger partial charge in [0.25, 0.3) is 0 Å². The summed E-state index contributed by atoms with van der Waals surface area (Å²) in [6.45, 7) is 4.40. The molecule has 1 N–H and O–H groups in total. The second-order valence-electron chi connectivity index (χ2n) is 6.98. The van der Waals surface area contributed by atoms with E-state index in [1.54, 1.807) is 29.3 Å². The van der Waals surface area contributed by atoms with Crippen molar-refractivity contribution in [2.45, 2.75) is 20.4 Å². The van der Waals surface area contributed by atoms with E-state index in [4.69, 9.17) is 9.26 Å². The van der Waals surface area contributed by atoms with Crippen LogP contribution in [0.25, 0.3) is 16.4 Å². The molecule has 4 aromatic rings. The van der Waals surface area contributed by atoms with Crippen molar-refractivity contribution >= 4 is 17.6 Å². The molecule has 0 aliphatic heterocycles. The maximum Gasteiger partial charge on any atom is 0.241 e. The largest absolute Gasteiger partial charge is 0.481 e. The monoisotopic (exact) mass is 431 g/mol. The van der Waals surface area contributed by atoms with Crippen molar-refractivity contribution in [3.8, 4) is 17.0 Å². The summed E-state index contributed by atoms with van der Waals surface area (Å²) in [5.74, 6) is 0.476. The van der Waals surface area contributed by atoms with Crippen molar-refractivity contribution in [2.24, 2.45) is 0 Å². The third-order valence-corrected chi connectivity index (χ3v) is 4.72. The fraction of sp³-hybridized carbons (Fsp3) is 0.182. The van der Waals surface area contributed by atoms with Gasteiger partial charge in [0.05, 0.1) is 7.11 Å². The van der Waals surface area contributed by atoms with E-state index >= 15 is 0 Å². The van der Waals surface area contributed by atoms with Crippen molar-refractivity contribution in [1.82, 2.24) is 20.2 Å². The number of hydrogen-bond donors (Lipinski definition) is 1. The quantitative estimate of drug-likeness (QED) is 0.462. The first-order valence-electron chi connectivity index (χ1n) is 9.78. The molecule has 0 fully saturated rings.